The molecule has 1 heterocycles. The van der Waals surface area contributed by atoms with Gasteiger partial charge < -0.3 is 4.74 Å². The van der Waals surface area contributed by atoms with Crippen molar-refractivity contribution in [1.29, 1.82) is 0 Å². The maximum atomic E-state index is 5.06. The van der Waals surface area contributed by atoms with Gasteiger partial charge in [-0.15, -0.1) is 0 Å². The number of hydrogen-bond acceptors (Lipinski definition) is 1. The van der Waals surface area contributed by atoms with Crippen molar-refractivity contribution in [2.75, 3.05) is 6.61 Å². The van der Waals surface area contributed by atoms with Crippen LogP contribution in [0.3, 0.4) is 0 Å². The molecule has 0 saturated heterocycles. The van der Waals surface area contributed by atoms with Crippen molar-refractivity contribution >= 4 is 0 Å². The van der Waals surface area contributed by atoms with Crippen LogP contribution in [-0.4, -0.2) is 6.61 Å². The van der Waals surface area contributed by atoms with Gasteiger partial charge in [0.05, 0.1) is 6.26 Å². The van der Waals surface area contributed by atoms with Gasteiger partial charge in [-0.25, -0.2) is 0 Å². The highest BCUT2D eigenvalue weighted by Crippen LogP contribution is 2.06. The Hall–Kier alpha value is -0.720. The van der Waals surface area contributed by atoms with E-state index >= 15 is 0 Å². The van der Waals surface area contributed by atoms with E-state index in [2.05, 4.69) is 25.2 Å². The molecule has 0 aromatic carbocycles. The molecule has 9 heavy (non-hydrogen) atoms. The largest absolute Gasteiger partial charge is 0.497 e. The molecule has 0 saturated carbocycles. The summed E-state index contributed by atoms with van der Waals surface area (Å²) in [7, 11) is 0. The Bertz CT molecular complexity index is 125. The van der Waals surface area contributed by atoms with Crippen LogP contribution in [0.25, 0.3) is 0 Å². The first-order chi connectivity index (χ1) is 4.39. The summed E-state index contributed by atoms with van der Waals surface area (Å²) < 4.78 is 5.06. The molecule has 0 N–H and O–H groups in total. The first kappa shape index (κ1) is 6.40. The molecule has 50 valence electrons. The lowest BCUT2D eigenvalue weighted by molar-refractivity contribution is 0.285. The zero-order valence-electron chi connectivity index (χ0n) is 5.71. The first-order valence-electron chi connectivity index (χ1n) is 3.33. The monoisotopic (exact) mass is 124 g/mol. The van der Waals surface area contributed by atoms with Crippen molar-refractivity contribution < 1.29 is 4.74 Å². The van der Waals surface area contributed by atoms with Crippen LogP contribution in [0.1, 0.15) is 13.3 Å². The lowest BCUT2D eigenvalue weighted by Gasteiger charge is -2.04. The maximum absolute atomic E-state index is 5.06. The van der Waals surface area contributed by atoms with Crippen LogP contribution in [0.4, 0.5) is 0 Å². The fraction of sp³-hybridized carbons (Fsp3) is 0.500. The second kappa shape index (κ2) is 3.33. The van der Waals surface area contributed by atoms with E-state index in [1.807, 2.05) is 0 Å². The molecule has 1 heteroatoms. The summed E-state index contributed by atoms with van der Waals surface area (Å²) in [5, 5.41) is 0. The molecular formula is C8H12O. The minimum Gasteiger partial charge on any atom is -0.497 e. The van der Waals surface area contributed by atoms with E-state index in [1.165, 1.54) is 0 Å². The zero-order chi connectivity index (χ0) is 6.53. The van der Waals surface area contributed by atoms with Crippen molar-refractivity contribution in [3.05, 3.63) is 24.5 Å². The van der Waals surface area contributed by atoms with Gasteiger partial charge in [0.1, 0.15) is 6.61 Å². The van der Waals surface area contributed by atoms with Gasteiger partial charge in [-0.3, -0.25) is 0 Å². The second-order valence-electron chi connectivity index (χ2n) is 2.35. The van der Waals surface area contributed by atoms with Crippen LogP contribution in [0.15, 0.2) is 24.5 Å². The maximum Gasteiger partial charge on any atom is 0.105 e. The Kier molecular flexibility index (Phi) is 2.37. The van der Waals surface area contributed by atoms with Crippen molar-refractivity contribution in [1.82, 2.24) is 0 Å². The number of rotatable bonds is 0. The van der Waals surface area contributed by atoms with Gasteiger partial charge in [-0.1, -0.05) is 19.1 Å². The molecule has 1 rings (SSSR count). The van der Waals surface area contributed by atoms with Gasteiger partial charge in [0, 0.05) is 0 Å². The van der Waals surface area contributed by atoms with Crippen molar-refractivity contribution in [3.63, 3.8) is 0 Å². The van der Waals surface area contributed by atoms with E-state index in [4.69, 9.17) is 4.74 Å². The molecule has 1 atom stereocenters. The molecule has 1 aliphatic heterocycles. The third kappa shape index (κ3) is 2.36. The summed E-state index contributed by atoms with van der Waals surface area (Å²) in [5.74, 6) is 0.671. The number of ether oxygens (including phenoxy) is 1. The Morgan fingerprint density at radius 1 is 1.44 bits per heavy atom. The Balaban J connectivity index is 2.40. The highest BCUT2D eigenvalue weighted by Gasteiger charge is 1.93. The number of allylic oxidation sites excluding steroid dienone is 2. The van der Waals surface area contributed by atoms with Crippen LogP contribution in [0.5, 0.6) is 0 Å². The van der Waals surface area contributed by atoms with Crippen LogP contribution >= 0.6 is 0 Å². The molecule has 0 aromatic heterocycles. The molecule has 0 aliphatic carbocycles. The lowest BCUT2D eigenvalue weighted by Crippen LogP contribution is -1.91. The van der Waals surface area contributed by atoms with E-state index in [0.717, 1.165) is 13.0 Å². The first-order valence-corrected chi connectivity index (χ1v) is 3.33. The molecule has 1 unspecified atom stereocenters. The number of hydrogen-bond donors (Lipinski definition) is 0. The smallest absolute Gasteiger partial charge is 0.105 e. The predicted octanol–water partition coefficient (Wildman–Crippen LogP) is 2.11. The van der Waals surface area contributed by atoms with Crippen LogP contribution in [-0.2, 0) is 4.74 Å². The Morgan fingerprint density at radius 3 is 3.22 bits per heavy atom. The van der Waals surface area contributed by atoms with E-state index in [-0.39, 0.29) is 0 Å². The summed E-state index contributed by atoms with van der Waals surface area (Å²) in [6, 6.07) is 0. The quantitative estimate of drug-likeness (QED) is 0.449. The topological polar surface area (TPSA) is 9.23 Å². The molecule has 0 bridgehead atoms. The average Bonchev–Trinajstić information content (AvgIpc) is 1.79. The molecule has 1 aliphatic rings. The SMILES string of the molecule is CC1C=CCOC=CC1. The van der Waals surface area contributed by atoms with E-state index in [0.29, 0.717) is 5.92 Å². The summed E-state index contributed by atoms with van der Waals surface area (Å²) >= 11 is 0. The van der Waals surface area contributed by atoms with Crippen LogP contribution < -0.4 is 0 Å². The molecule has 0 aromatic rings. The van der Waals surface area contributed by atoms with E-state index in [1.54, 1.807) is 6.26 Å². The molecule has 0 radical (unpaired) electrons. The van der Waals surface area contributed by atoms with Gasteiger partial charge in [0.2, 0.25) is 0 Å². The molecule has 0 fully saturated rings. The highest BCUT2D eigenvalue weighted by atomic mass is 16.5. The second-order valence-corrected chi connectivity index (χ2v) is 2.35. The normalized spacial score (nSPS) is 26.6. The van der Waals surface area contributed by atoms with E-state index < -0.39 is 0 Å². The summed E-state index contributed by atoms with van der Waals surface area (Å²) in [4.78, 5) is 0. The standard InChI is InChI=1S/C8H12O/c1-8-4-2-6-9-7-3-5-8/h2-4,7-8H,5-6H2,1H3. The summed E-state index contributed by atoms with van der Waals surface area (Å²) in [6.07, 6.45) is 9.18. The van der Waals surface area contributed by atoms with Gasteiger partial charge in [0.15, 0.2) is 0 Å². The van der Waals surface area contributed by atoms with Crippen LogP contribution in [0.2, 0.25) is 0 Å². The van der Waals surface area contributed by atoms with Gasteiger partial charge >= 0.3 is 0 Å². The van der Waals surface area contributed by atoms with Crippen molar-refractivity contribution in [2.45, 2.75) is 13.3 Å². The van der Waals surface area contributed by atoms with Crippen molar-refractivity contribution in [2.24, 2.45) is 5.92 Å². The van der Waals surface area contributed by atoms with E-state index in [9.17, 15) is 0 Å². The highest BCUT2D eigenvalue weighted by molar-refractivity contribution is 4.93. The van der Waals surface area contributed by atoms with Crippen molar-refractivity contribution in [3.8, 4) is 0 Å². The predicted molar refractivity (Wildman–Crippen MR) is 38.0 cm³/mol. The molecular weight excluding hydrogens is 112 g/mol. The fourth-order valence-electron chi connectivity index (χ4n) is 0.816. The van der Waals surface area contributed by atoms with Gasteiger partial charge in [-0.2, -0.15) is 0 Å². The molecule has 1 nitrogen and oxygen atoms in total. The Morgan fingerprint density at radius 2 is 2.33 bits per heavy atom. The fourth-order valence-corrected chi connectivity index (χ4v) is 0.816. The Labute approximate surface area is 56.0 Å². The summed E-state index contributed by atoms with van der Waals surface area (Å²) in [6.45, 7) is 2.92. The third-order valence-electron chi connectivity index (χ3n) is 1.36. The van der Waals surface area contributed by atoms with Gasteiger partial charge in [0.25, 0.3) is 0 Å². The van der Waals surface area contributed by atoms with Crippen LogP contribution in [0, 0.1) is 5.92 Å². The molecule has 0 spiro atoms. The average molecular weight is 124 g/mol. The minimum atomic E-state index is 0.671. The third-order valence-corrected chi connectivity index (χ3v) is 1.36. The van der Waals surface area contributed by atoms with Gasteiger partial charge in [-0.05, 0) is 18.4 Å². The summed E-state index contributed by atoms with van der Waals surface area (Å²) in [5.41, 5.74) is 0. The zero-order valence-corrected chi connectivity index (χ0v) is 5.71. The lowest BCUT2D eigenvalue weighted by atomic mass is 10.1. The minimum absolute atomic E-state index is 0.671. The molecule has 0 amide bonds.